The van der Waals surface area contributed by atoms with Crippen LogP contribution in [0.15, 0.2) is 24.5 Å². The van der Waals surface area contributed by atoms with Crippen molar-refractivity contribution in [2.75, 3.05) is 0 Å². The van der Waals surface area contributed by atoms with Crippen LogP contribution < -0.4 is 0 Å². The van der Waals surface area contributed by atoms with Gasteiger partial charge < -0.3 is 10.1 Å². The van der Waals surface area contributed by atoms with E-state index in [1.54, 1.807) is 19.3 Å². The lowest BCUT2D eigenvalue weighted by Crippen LogP contribution is -2.03. The Bertz CT molecular complexity index is 520. The molecule has 5 nitrogen and oxygen atoms in total. The summed E-state index contributed by atoms with van der Waals surface area (Å²) in [6, 6.07) is 3.84. The number of carboxylic acid groups (broad SMARTS) is 1. The molecule has 2 aromatic rings. The van der Waals surface area contributed by atoms with Gasteiger partial charge in [-0.25, -0.2) is 9.78 Å². The average molecular weight is 231 g/mol. The maximum Gasteiger partial charge on any atom is 0.356 e. The number of imidazole rings is 1. The van der Waals surface area contributed by atoms with Gasteiger partial charge in [-0.05, 0) is 37.5 Å². The monoisotopic (exact) mass is 231 g/mol. The molecule has 2 rings (SSSR count). The fourth-order valence-electron chi connectivity index (χ4n) is 1.72. The highest BCUT2D eigenvalue weighted by Gasteiger charge is 2.14. The van der Waals surface area contributed by atoms with E-state index in [4.69, 9.17) is 5.11 Å². The molecule has 0 saturated carbocycles. The lowest BCUT2D eigenvalue weighted by atomic mass is 10.1. The largest absolute Gasteiger partial charge is 0.476 e. The number of aromatic nitrogens is 3. The predicted molar refractivity (Wildman–Crippen MR) is 61.9 cm³/mol. The summed E-state index contributed by atoms with van der Waals surface area (Å²) in [7, 11) is 0. The molecule has 0 atom stereocenters. The molecule has 2 aromatic heterocycles. The van der Waals surface area contributed by atoms with Crippen LogP contribution >= 0.6 is 0 Å². The Morgan fingerprint density at radius 1 is 1.35 bits per heavy atom. The molecular formula is C12H13N3O2. The topological polar surface area (TPSA) is 78.9 Å². The van der Waals surface area contributed by atoms with Crippen molar-refractivity contribution in [3.8, 4) is 0 Å². The maximum absolute atomic E-state index is 11.0. The molecule has 17 heavy (non-hydrogen) atoms. The van der Waals surface area contributed by atoms with Crippen molar-refractivity contribution in [3.05, 3.63) is 47.3 Å². The summed E-state index contributed by atoms with van der Waals surface area (Å²) in [4.78, 5) is 21.8. The minimum Gasteiger partial charge on any atom is -0.476 e. The zero-order chi connectivity index (χ0) is 12.3. The van der Waals surface area contributed by atoms with Crippen LogP contribution in [0.1, 0.15) is 27.6 Å². The fourth-order valence-corrected chi connectivity index (χ4v) is 1.72. The van der Waals surface area contributed by atoms with Crippen LogP contribution in [0.2, 0.25) is 0 Å². The molecule has 2 N–H and O–H groups in total. The van der Waals surface area contributed by atoms with Crippen molar-refractivity contribution in [2.24, 2.45) is 0 Å². The van der Waals surface area contributed by atoms with E-state index in [1.165, 1.54) is 0 Å². The van der Waals surface area contributed by atoms with Gasteiger partial charge in [0, 0.05) is 18.1 Å². The Kier molecular flexibility index (Phi) is 3.18. The van der Waals surface area contributed by atoms with Gasteiger partial charge in [0.05, 0.1) is 0 Å². The van der Waals surface area contributed by atoms with Crippen LogP contribution in [0.4, 0.5) is 0 Å². The van der Waals surface area contributed by atoms with Gasteiger partial charge in [0.1, 0.15) is 5.82 Å². The van der Waals surface area contributed by atoms with E-state index in [0.717, 1.165) is 12.0 Å². The number of aromatic carboxylic acids is 1. The number of rotatable bonds is 4. The van der Waals surface area contributed by atoms with Crippen LogP contribution in [-0.2, 0) is 12.8 Å². The fraction of sp³-hybridized carbons (Fsp3) is 0.250. The van der Waals surface area contributed by atoms with Crippen molar-refractivity contribution >= 4 is 5.97 Å². The van der Waals surface area contributed by atoms with Crippen LogP contribution in [-0.4, -0.2) is 26.0 Å². The van der Waals surface area contributed by atoms with Gasteiger partial charge in [-0.3, -0.25) is 4.98 Å². The maximum atomic E-state index is 11.0. The van der Waals surface area contributed by atoms with Crippen LogP contribution in [0.3, 0.4) is 0 Å². The van der Waals surface area contributed by atoms with Gasteiger partial charge in [0.15, 0.2) is 5.69 Å². The molecule has 0 aliphatic carbocycles. The molecule has 0 spiro atoms. The summed E-state index contributed by atoms with van der Waals surface area (Å²) >= 11 is 0. The standard InChI is InChI=1S/C12H13N3O2/c1-8-14-10(11(15-8)12(16)17)3-2-9-4-6-13-7-5-9/h4-7H,2-3H2,1H3,(H,14,15)(H,16,17). The predicted octanol–water partition coefficient (Wildman–Crippen LogP) is 1.60. The van der Waals surface area contributed by atoms with Gasteiger partial charge >= 0.3 is 5.97 Å². The highest BCUT2D eigenvalue weighted by molar-refractivity contribution is 5.86. The third-order valence-electron chi connectivity index (χ3n) is 2.51. The number of H-pyrrole nitrogens is 1. The molecule has 2 heterocycles. The molecule has 0 aliphatic rings. The van der Waals surface area contributed by atoms with Crippen LogP contribution in [0.5, 0.6) is 0 Å². The minimum absolute atomic E-state index is 0.122. The van der Waals surface area contributed by atoms with Crippen molar-refractivity contribution in [2.45, 2.75) is 19.8 Å². The van der Waals surface area contributed by atoms with E-state index >= 15 is 0 Å². The molecule has 0 aromatic carbocycles. The molecule has 0 radical (unpaired) electrons. The van der Waals surface area contributed by atoms with E-state index in [0.29, 0.717) is 17.9 Å². The second-order valence-electron chi connectivity index (χ2n) is 3.81. The Morgan fingerprint density at radius 2 is 2.06 bits per heavy atom. The molecule has 0 unspecified atom stereocenters. The third kappa shape index (κ3) is 2.69. The van der Waals surface area contributed by atoms with Crippen molar-refractivity contribution in [1.29, 1.82) is 0 Å². The smallest absolute Gasteiger partial charge is 0.356 e. The minimum atomic E-state index is -0.987. The number of pyridine rings is 1. The molecule has 0 amide bonds. The normalized spacial score (nSPS) is 10.4. The quantitative estimate of drug-likeness (QED) is 0.837. The number of hydrogen-bond acceptors (Lipinski definition) is 3. The van der Waals surface area contributed by atoms with Crippen LogP contribution in [0, 0.1) is 6.92 Å². The molecule has 0 saturated heterocycles. The summed E-state index contributed by atoms with van der Waals surface area (Å²) in [6.07, 6.45) is 4.86. The molecule has 0 bridgehead atoms. The number of carboxylic acids is 1. The Labute approximate surface area is 98.6 Å². The van der Waals surface area contributed by atoms with Gasteiger partial charge in [-0.1, -0.05) is 0 Å². The van der Waals surface area contributed by atoms with Crippen molar-refractivity contribution in [3.63, 3.8) is 0 Å². The number of aryl methyl sites for hydroxylation is 3. The first-order chi connectivity index (χ1) is 8.16. The second-order valence-corrected chi connectivity index (χ2v) is 3.81. The third-order valence-corrected chi connectivity index (χ3v) is 2.51. The Morgan fingerprint density at radius 3 is 2.71 bits per heavy atom. The zero-order valence-corrected chi connectivity index (χ0v) is 9.47. The van der Waals surface area contributed by atoms with E-state index < -0.39 is 5.97 Å². The molecular weight excluding hydrogens is 218 g/mol. The van der Waals surface area contributed by atoms with Crippen molar-refractivity contribution in [1.82, 2.24) is 15.0 Å². The summed E-state index contributed by atoms with van der Waals surface area (Å²) in [5.74, 6) is -0.355. The van der Waals surface area contributed by atoms with Gasteiger partial charge in [0.2, 0.25) is 0 Å². The zero-order valence-electron chi connectivity index (χ0n) is 9.47. The van der Waals surface area contributed by atoms with Gasteiger partial charge in [-0.15, -0.1) is 0 Å². The van der Waals surface area contributed by atoms with Crippen LogP contribution in [0.25, 0.3) is 0 Å². The molecule has 0 fully saturated rings. The first kappa shape index (κ1) is 11.3. The van der Waals surface area contributed by atoms with Crippen molar-refractivity contribution < 1.29 is 9.90 Å². The number of nitrogens with zero attached hydrogens (tertiary/aromatic N) is 2. The average Bonchev–Trinajstić information content (AvgIpc) is 2.69. The summed E-state index contributed by atoms with van der Waals surface area (Å²) in [6.45, 7) is 1.75. The Balaban J connectivity index is 2.11. The van der Waals surface area contributed by atoms with E-state index in [1.807, 2.05) is 12.1 Å². The summed E-state index contributed by atoms with van der Waals surface area (Å²) < 4.78 is 0. The Hall–Kier alpha value is -2.17. The number of nitrogens with one attached hydrogen (secondary N) is 1. The number of aromatic amines is 1. The first-order valence-electron chi connectivity index (χ1n) is 5.34. The number of carbonyl (C=O) groups is 1. The lowest BCUT2D eigenvalue weighted by Gasteiger charge is -2.00. The van der Waals surface area contributed by atoms with E-state index in [2.05, 4.69) is 15.0 Å². The lowest BCUT2D eigenvalue weighted by molar-refractivity contribution is 0.0689. The summed E-state index contributed by atoms with van der Waals surface area (Å²) in [5.41, 5.74) is 1.92. The van der Waals surface area contributed by atoms with Gasteiger partial charge in [0.25, 0.3) is 0 Å². The molecule has 0 aliphatic heterocycles. The highest BCUT2D eigenvalue weighted by Crippen LogP contribution is 2.10. The van der Waals surface area contributed by atoms with E-state index in [9.17, 15) is 4.79 Å². The molecule has 88 valence electrons. The number of hydrogen-bond donors (Lipinski definition) is 2. The molecule has 5 heteroatoms. The first-order valence-corrected chi connectivity index (χ1v) is 5.34. The van der Waals surface area contributed by atoms with Gasteiger partial charge in [-0.2, -0.15) is 0 Å². The second kappa shape index (κ2) is 4.78. The SMILES string of the molecule is Cc1nc(C(=O)O)c(CCc2ccncc2)[nH]1. The van der Waals surface area contributed by atoms with E-state index in [-0.39, 0.29) is 5.69 Å². The highest BCUT2D eigenvalue weighted by atomic mass is 16.4. The summed E-state index contributed by atoms with van der Waals surface area (Å²) in [5, 5.41) is 8.98.